The van der Waals surface area contributed by atoms with Gasteiger partial charge in [-0.25, -0.2) is 17.2 Å². The molecule has 34 heavy (non-hydrogen) atoms. The maximum absolute atomic E-state index is 14.0. The van der Waals surface area contributed by atoms with Gasteiger partial charge < -0.3 is 10.2 Å². The van der Waals surface area contributed by atoms with Crippen LogP contribution in [0.2, 0.25) is 0 Å². The first kappa shape index (κ1) is 24.6. The molecule has 184 valence electrons. The Morgan fingerprint density at radius 2 is 1.62 bits per heavy atom. The third kappa shape index (κ3) is 5.73. The lowest BCUT2D eigenvalue weighted by molar-refractivity contribution is -0.126. The molecule has 1 amide bonds. The molecule has 0 spiro atoms. The summed E-state index contributed by atoms with van der Waals surface area (Å²) in [6.07, 6.45) is 0.690. The Morgan fingerprint density at radius 3 is 2.29 bits per heavy atom. The maximum atomic E-state index is 14.0. The van der Waals surface area contributed by atoms with Crippen molar-refractivity contribution < 1.29 is 22.0 Å². The number of carbonyl (C=O) groups is 1. The predicted octanol–water partition coefficient (Wildman–Crippen LogP) is 2.30. The second-order valence-electron chi connectivity index (χ2n) is 8.71. The van der Waals surface area contributed by atoms with Crippen molar-refractivity contribution in [1.29, 1.82) is 0 Å². The lowest BCUT2D eigenvalue weighted by Gasteiger charge is -2.36. The van der Waals surface area contributed by atoms with E-state index < -0.39 is 26.6 Å². The molecule has 0 saturated carbocycles. The summed E-state index contributed by atoms with van der Waals surface area (Å²) >= 11 is 0. The van der Waals surface area contributed by atoms with Crippen LogP contribution in [0.5, 0.6) is 0 Å². The van der Waals surface area contributed by atoms with Crippen molar-refractivity contribution in [3.8, 4) is 0 Å². The van der Waals surface area contributed by atoms with Crippen LogP contribution in [0.15, 0.2) is 53.4 Å². The van der Waals surface area contributed by atoms with E-state index in [0.29, 0.717) is 25.5 Å². The van der Waals surface area contributed by atoms with Crippen molar-refractivity contribution in [3.05, 3.63) is 60.2 Å². The van der Waals surface area contributed by atoms with Gasteiger partial charge in [-0.2, -0.15) is 4.31 Å². The number of nitrogens with zero attached hydrogens (tertiary/aromatic N) is 3. The summed E-state index contributed by atoms with van der Waals surface area (Å²) in [6, 6.07) is 12.7. The molecule has 2 aliphatic rings. The van der Waals surface area contributed by atoms with Gasteiger partial charge in [0.15, 0.2) is 0 Å². The van der Waals surface area contributed by atoms with Gasteiger partial charge in [0.05, 0.1) is 0 Å². The summed E-state index contributed by atoms with van der Waals surface area (Å²) in [5.74, 6) is -2.17. The Balaban J connectivity index is 1.19. The van der Waals surface area contributed by atoms with E-state index in [9.17, 15) is 22.0 Å². The number of rotatable bonds is 7. The van der Waals surface area contributed by atoms with E-state index >= 15 is 0 Å². The van der Waals surface area contributed by atoms with Crippen molar-refractivity contribution in [2.24, 2.45) is 5.92 Å². The predicted molar refractivity (Wildman–Crippen MR) is 126 cm³/mol. The van der Waals surface area contributed by atoms with Crippen molar-refractivity contribution >= 4 is 21.6 Å². The average Bonchev–Trinajstić information content (AvgIpc) is 2.86. The zero-order valence-electron chi connectivity index (χ0n) is 19.0. The summed E-state index contributed by atoms with van der Waals surface area (Å²) in [5, 5.41) is 2.97. The van der Waals surface area contributed by atoms with Gasteiger partial charge in [-0.1, -0.05) is 18.2 Å². The van der Waals surface area contributed by atoms with Gasteiger partial charge in [0.1, 0.15) is 16.5 Å². The van der Waals surface area contributed by atoms with Gasteiger partial charge in [-0.05, 0) is 43.2 Å². The first-order chi connectivity index (χ1) is 16.3. The van der Waals surface area contributed by atoms with E-state index in [1.165, 1.54) is 5.69 Å². The number of anilines is 1. The van der Waals surface area contributed by atoms with Gasteiger partial charge in [-0.15, -0.1) is 0 Å². The number of benzene rings is 2. The fourth-order valence-electron chi connectivity index (χ4n) is 4.52. The van der Waals surface area contributed by atoms with Crippen LogP contribution >= 0.6 is 0 Å². The largest absolute Gasteiger partial charge is 0.369 e. The molecule has 2 aromatic carbocycles. The highest BCUT2D eigenvalue weighted by molar-refractivity contribution is 7.89. The van der Waals surface area contributed by atoms with Crippen LogP contribution < -0.4 is 10.2 Å². The van der Waals surface area contributed by atoms with E-state index in [1.54, 1.807) is 0 Å². The lowest BCUT2D eigenvalue weighted by atomic mass is 9.97. The number of piperidine rings is 1. The third-order valence-corrected chi connectivity index (χ3v) is 8.47. The standard InChI is InChI=1S/C24H30F2N4O3S/c25-20-6-7-22(26)23(18-20)34(32,33)30-11-8-19(9-12-30)24(31)27-10-13-28-14-16-29(17-15-28)21-4-2-1-3-5-21/h1-7,18-19H,8-17H2,(H,27,31). The van der Waals surface area contributed by atoms with Gasteiger partial charge in [-0.3, -0.25) is 9.69 Å². The van der Waals surface area contributed by atoms with Crippen molar-refractivity contribution in [2.75, 3.05) is 57.3 Å². The monoisotopic (exact) mass is 492 g/mol. The van der Waals surface area contributed by atoms with E-state index in [0.717, 1.165) is 49.2 Å². The number of sulfonamides is 1. The van der Waals surface area contributed by atoms with Crippen molar-refractivity contribution in [1.82, 2.24) is 14.5 Å². The molecule has 4 rings (SSSR count). The number of para-hydroxylation sites is 1. The smallest absolute Gasteiger partial charge is 0.246 e. The molecule has 2 heterocycles. The Morgan fingerprint density at radius 1 is 0.941 bits per heavy atom. The number of piperazine rings is 1. The normalized spacial score (nSPS) is 18.7. The molecule has 10 heteroatoms. The molecule has 0 aromatic heterocycles. The molecule has 0 unspecified atom stereocenters. The highest BCUT2D eigenvalue weighted by Crippen LogP contribution is 2.26. The minimum atomic E-state index is -4.14. The Hall–Kier alpha value is -2.56. The summed E-state index contributed by atoms with van der Waals surface area (Å²) in [5.41, 5.74) is 1.23. The molecule has 1 N–H and O–H groups in total. The second kappa shape index (κ2) is 10.8. The fourth-order valence-corrected chi connectivity index (χ4v) is 6.07. The highest BCUT2D eigenvalue weighted by Gasteiger charge is 2.33. The van der Waals surface area contributed by atoms with Crippen molar-refractivity contribution in [3.63, 3.8) is 0 Å². The van der Waals surface area contributed by atoms with E-state index in [-0.39, 0.29) is 24.9 Å². The number of nitrogens with one attached hydrogen (secondary N) is 1. The molecular formula is C24H30F2N4O3S. The van der Waals surface area contributed by atoms with Gasteiger partial charge in [0, 0.05) is 64.0 Å². The number of carbonyl (C=O) groups excluding carboxylic acids is 1. The topological polar surface area (TPSA) is 73.0 Å². The zero-order valence-corrected chi connectivity index (χ0v) is 19.8. The number of hydrogen-bond acceptors (Lipinski definition) is 5. The summed E-state index contributed by atoms with van der Waals surface area (Å²) in [4.78, 5) is 16.6. The molecule has 0 atom stereocenters. The van der Waals surface area contributed by atoms with Gasteiger partial charge in [0.25, 0.3) is 0 Å². The molecular weight excluding hydrogens is 462 g/mol. The van der Waals surface area contributed by atoms with E-state index in [2.05, 4.69) is 27.2 Å². The molecule has 2 aromatic rings. The average molecular weight is 493 g/mol. The second-order valence-corrected chi connectivity index (χ2v) is 10.6. The third-order valence-electron chi connectivity index (χ3n) is 6.56. The van der Waals surface area contributed by atoms with E-state index in [1.807, 2.05) is 18.2 Å². The minimum absolute atomic E-state index is 0.0862. The summed E-state index contributed by atoms with van der Waals surface area (Å²) < 4.78 is 54.0. The van der Waals surface area contributed by atoms with Crippen LogP contribution in [0.1, 0.15) is 12.8 Å². The van der Waals surface area contributed by atoms with Crippen LogP contribution in [0, 0.1) is 17.6 Å². The quantitative estimate of drug-likeness (QED) is 0.642. The number of hydrogen-bond donors (Lipinski definition) is 1. The number of halogens is 2. The molecule has 0 aliphatic carbocycles. The molecule has 2 aliphatic heterocycles. The molecule has 0 bridgehead atoms. The molecule has 2 saturated heterocycles. The molecule has 0 radical (unpaired) electrons. The summed E-state index contributed by atoms with van der Waals surface area (Å²) in [6.45, 7) is 5.23. The lowest BCUT2D eigenvalue weighted by Crippen LogP contribution is -2.49. The van der Waals surface area contributed by atoms with Crippen LogP contribution in [-0.4, -0.2) is 75.9 Å². The SMILES string of the molecule is O=C(NCCN1CCN(c2ccccc2)CC1)C1CCN(S(=O)(=O)c2cc(F)ccc2F)CC1. The van der Waals surface area contributed by atoms with Crippen LogP contribution in [0.4, 0.5) is 14.5 Å². The molecule has 7 nitrogen and oxygen atoms in total. The Labute approximate surface area is 199 Å². The fraction of sp³-hybridized carbons (Fsp3) is 0.458. The first-order valence-corrected chi connectivity index (χ1v) is 13.0. The number of amides is 1. The van der Waals surface area contributed by atoms with Gasteiger partial charge >= 0.3 is 0 Å². The van der Waals surface area contributed by atoms with E-state index in [4.69, 9.17) is 0 Å². The molecule has 2 fully saturated rings. The Bertz CT molecular complexity index is 1080. The summed E-state index contributed by atoms with van der Waals surface area (Å²) in [7, 11) is -4.14. The minimum Gasteiger partial charge on any atom is -0.369 e. The van der Waals surface area contributed by atoms with Crippen molar-refractivity contribution in [2.45, 2.75) is 17.7 Å². The Kier molecular flexibility index (Phi) is 7.80. The maximum Gasteiger partial charge on any atom is 0.246 e. The van der Waals surface area contributed by atoms with Crippen LogP contribution in [0.3, 0.4) is 0 Å². The van der Waals surface area contributed by atoms with Gasteiger partial charge in [0.2, 0.25) is 15.9 Å². The highest BCUT2D eigenvalue weighted by atomic mass is 32.2. The first-order valence-electron chi connectivity index (χ1n) is 11.6. The van der Waals surface area contributed by atoms with Crippen LogP contribution in [-0.2, 0) is 14.8 Å². The van der Waals surface area contributed by atoms with Crippen LogP contribution in [0.25, 0.3) is 0 Å². The zero-order chi connectivity index (χ0) is 24.1.